The predicted octanol–water partition coefficient (Wildman–Crippen LogP) is 1.22. The maximum absolute atomic E-state index is 10.7. The molecule has 1 aliphatic heterocycles. The summed E-state index contributed by atoms with van der Waals surface area (Å²) in [4.78, 5) is 0. The topological polar surface area (TPSA) is 87.1 Å². The van der Waals surface area contributed by atoms with Gasteiger partial charge >= 0.3 is 10.4 Å². The van der Waals surface area contributed by atoms with Gasteiger partial charge in [-0.25, -0.2) is 4.18 Å². The third-order valence-corrected chi connectivity index (χ3v) is 3.37. The Morgan fingerprint density at radius 3 is 1.88 bits per heavy atom. The quantitative estimate of drug-likeness (QED) is 0.719. The molecule has 1 saturated heterocycles. The van der Waals surface area contributed by atoms with Gasteiger partial charge in [0.05, 0.1) is 6.10 Å². The summed E-state index contributed by atoms with van der Waals surface area (Å²) < 4.78 is 34.6. The third kappa shape index (κ3) is 3.14. The normalized spacial score (nSPS) is 26.9. The van der Waals surface area contributed by atoms with Gasteiger partial charge < -0.3 is 5.21 Å². The first kappa shape index (κ1) is 13.9. The molecular weight excluding hydrogens is 234 g/mol. The highest BCUT2D eigenvalue weighted by Gasteiger charge is 2.46. The van der Waals surface area contributed by atoms with E-state index in [4.69, 9.17) is 4.55 Å². The van der Waals surface area contributed by atoms with Crippen LogP contribution in [0.4, 0.5) is 0 Å². The van der Waals surface area contributed by atoms with Gasteiger partial charge in [-0.3, -0.25) is 4.55 Å². The molecule has 0 amide bonds. The van der Waals surface area contributed by atoms with Crippen LogP contribution < -0.4 is 0 Å². The van der Waals surface area contributed by atoms with Gasteiger partial charge in [0, 0.05) is 11.1 Å². The molecule has 0 bridgehead atoms. The number of rotatable bonds is 2. The molecule has 0 aliphatic carbocycles. The molecule has 0 aromatic carbocycles. The van der Waals surface area contributed by atoms with Gasteiger partial charge in [-0.05, 0) is 40.5 Å². The van der Waals surface area contributed by atoms with Crippen molar-refractivity contribution < 1.29 is 22.4 Å². The van der Waals surface area contributed by atoms with Crippen molar-refractivity contribution in [2.75, 3.05) is 0 Å². The summed E-state index contributed by atoms with van der Waals surface area (Å²) in [6.07, 6.45) is 0.0304. The van der Waals surface area contributed by atoms with Crippen LogP contribution in [0, 0.1) is 0 Å². The van der Waals surface area contributed by atoms with E-state index < -0.39 is 27.6 Å². The standard InChI is InChI=1S/C9H19NO5S/c1-8(2)5-7(15-16(12,13)14)6-9(3,4)10(8)11/h7,11H,5-6H2,1-4H3,(H,12,13,14). The molecule has 96 valence electrons. The van der Waals surface area contributed by atoms with E-state index in [1.54, 1.807) is 27.7 Å². The first-order chi connectivity index (χ1) is 6.94. The van der Waals surface area contributed by atoms with Crippen molar-refractivity contribution in [1.82, 2.24) is 5.06 Å². The van der Waals surface area contributed by atoms with E-state index in [-0.39, 0.29) is 0 Å². The molecule has 0 radical (unpaired) electrons. The zero-order valence-electron chi connectivity index (χ0n) is 9.97. The van der Waals surface area contributed by atoms with E-state index in [0.29, 0.717) is 12.8 Å². The van der Waals surface area contributed by atoms with Crippen molar-refractivity contribution in [2.45, 2.75) is 57.7 Å². The van der Waals surface area contributed by atoms with E-state index in [0.717, 1.165) is 0 Å². The summed E-state index contributed by atoms with van der Waals surface area (Å²) in [6.45, 7) is 7.14. The molecule has 0 saturated carbocycles. The minimum Gasteiger partial charge on any atom is -0.313 e. The van der Waals surface area contributed by atoms with Crippen LogP contribution in [0.1, 0.15) is 40.5 Å². The fourth-order valence-electron chi connectivity index (χ4n) is 2.42. The highest BCUT2D eigenvalue weighted by molar-refractivity contribution is 7.80. The number of nitrogens with zero attached hydrogens (tertiary/aromatic N) is 1. The van der Waals surface area contributed by atoms with Crippen molar-refractivity contribution in [3.63, 3.8) is 0 Å². The zero-order chi connectivity index (χ0) is 12.8. The first-order valence-electron chi connectivity index (χ1n) is 5.09. The summed E-state index contributed by atoms with van der Waals surface area (Å²) in [6, 6.07) is 0. The Morgan fingerprint density at radius 1 is 1.19 bits per heavy atom. The molecule has 1 heterocycles. The molecule has 6 nitrogen and oxygen atoms in total. The van der Waals surface area contributed by atoms with Crippen LogP contribution in [0.3, 0.4) is 0 Å². The second kappa shape index (κ2) is 3.92. The smallest absolute Gasteiger partial charge is 0.313 e. The van der Waals surface area contributed by atoms with Gasteiger partial charge in [0.15, 0.2) is 0 Å². The maximum Gasteiger partial charge on any atom is 0.397 e. The maximum atomic E-state index is 10.7. The minimum atomic E-state index is -4.44. The van der Waals surface area contributed by atoms with E-state index in [2.05, 4.69) is 4.18 Å². The van der Waals surface area contributed by atoms with Gasteiger partial charge in [-0.1, -0.05) is 0 Å². The number of hydrogen-bond donors (Lipinski definition) is 2. The van der Waals surface area contributed by atoms with Crippen molar-refractivity contribution in [1.29, 1.82) is 0 Å². The third-order valence-electron chi connectivity index (χ3n) is 2.86. The molecule has 7 heteroatoms. The van der Waals surface area contributed by atoms with Crippen LogP contribution in [0.25, 0.3) is 0 Å². The van der Waals surface area contributed by atoms with E-state index in [1.807, 2.05) is 0 Å². The van der Waals surface area contributed by atoms with Crippen LogP contribution in [-0.2, 0) is 14.6 Å². The Bertz CT molecular complexity index is 344. The summed E-state index contributed by atoms with van der Waals surface area (Å²) in [5.41, 5.74) is -1.20. The number of hydroxylamine groups is 2. The van der Waals surface area contributed by atoms with Crippen LogP contribution in [0.5, 0.6) is 0 Å². The van der Waals surface area contributed by atoms with Crippen LogP contribution in [0.2, 0.25) is 0 Å². The van der Waals surface area contributed by atoms with Gasteiger partial charge in [-0.15, -0.1) is 0 Å². The van der Waals surface area contributed by atoms with Gasteiger partial charge in [0.25, 0.3) is 0 Å². The Labute approximate surface area is 96.1 Å². The Balaban J connectivity index is 2.87. The van der Waals surface area contributed by atoms with Crippen LogP contribution in [-0.4, -0.2) is 40.4 Å². The van der Waals surface area contributed by atoms with Crippen molar-refractivity contribution in [2.24, 2.45) is 0 Å². The Morgan fingerprint density at radius 2 is 1.56 bits per heavy atom. The summed E-state index contributed by atoms with van der Waals surface area (Å²) in [5, 5.41) is 11.2. The SMILES string of the molecule is CC1(C)CC(OS(=O)(=O)O)CC(C)(C)N1O. The fraction of sp³-hybridized carbons (Fsp3) is 1.00. The van der Waals surface area contributed by atoms with Gasteiger partial charge in [-0.2, -0.15) is 13.5 Å². The number of piperidine rings is 1. The minimum absolute atomic E-state index is 0.326. The van der Waals surface area contributed by atoms with Crippen molar-refractivity contribution in [3.8, 4) is 0 Å². The fourth-order valence-corrected chi connectivity index (χ4v) is 2.90. The molecule has 0 unspecified atom stereocenters. The highest BCUT2D eigenvalue weighted by atomic mass is 32.3. The lowest BCUT2D eigenvalue weighted by Gasteiger charge is -2.50. The molecule has 0 atom stereocenters. The average molecular weight is 253 g/mol. The molecule has 2 N–H and O–H groups in total. The highest BCUT2D eigenvalue weighted by Crippen LogP contribution is 2.38. The Kier molecular flexibility index (Phi) is 3.39. The summed E-state index contributed by atoms with van der Waals surface area (Å²) >= 11 is 0. The molecule has 1 rings (SSSR count). The lowest BCUT2D eigenvalue weighted by Crippen LogP contribution is -2.60. The molecule has 0 spiro atoms. The van der Waals surface area contributed by atoms with Crippen molar-refractivity contribution in [3.05, 3.63) is 0 Å². The van der Waals surface area contributed by atoms with E-state index >= 15 is 0 Å². The number of hydrogen-bond acceptors (Lipinski definition) is 5. The summed E-state index contributed by atoms with van der Waals surface area (Å²) in [7, 11) is -4.44. The Hall–Kier alpha value is -0.210. The second-order valence-electron chi connectivity index (χ2n) is 5.49. The molecule has 1 aliphatic rings. The van der Waals surface area contributed by atoms with Gasteiger partial charge in [0.1, 0.15) is 0 Å². The van der Waals surface area contributed by atoms with Gasteiger partial charge in [0.2, 0.25) is 0 Å². The molecule has 1 fully saturated rings. The van der Waals surface area contributed by atoms with E-state index in [1.165, 1.54) is 5.06 Å². The lowest BCUT2D eigenvalue weighted by molar-refractivity contribution is -0.254. The van der Waals surface area contributed by atoms with Crippen LogP contribution >= 0.6 is 0 Å². The second-order valence-corrected chi connectivity index (χ2v) is 6.54. The molecule has 0 aromatic rings. The first-order valence-corrected chi connectivity index (χ1v) is 6.45. The summed E-state index contributed by atoms with van der Waals surface area (Å²) in [5.74, 6) is 0. The average Bonchev–Trinajstić information content (AvgIpc) is 1.95. The molecule has 16 heavy (non-hydrogen) atoms. The van der Waals surface area contributed by atoms with Crippen LogP contribution in [0.15, 0.2) is 0 Å². The van der Waals surface area contributed by atoms with Crippen molar-refractivity contribution >= 4 is 10.4 Å². The van der Waals surface area contributed by atoms with E-state index in [9.17, 15) is 13.6 Å². The monoisotopic (exact) mass is 253 g/mol. The molecular formula is C9H19NO5S. The lowest BCUT2D eigenvalue weighted by atomic mass is 9.80. The largest absolute Gasteiger partial charge is 0.397 e. The zero-order valence-corrected chi connectivity index (χ0v) is 10.8. The molecule has 0 aromatic heterocycles. The predicted molar refractivity (Wildman–Crippen MR) is 57.4 cm³/mol.